The lowest BCUT2D eigenvalue weighted by atomic mass is 9.47. The molecule has 8 nitrogen and oxygen atoms in total. The number of benzene rings is 1. The molecular weight excluding hydrogens is 542 g/mol. The van der Waals surface area contributed by atoms with Crippen LogP contribution >= 0.6 is 0 Å². The van der Waals surface area contributed by atoms with Gasteiger partial charge in [-0.25, -0.2) is 4.79 Å². The van der Waals surface area contributed by atoms with Crippen LogP contribution in [0.5, 0.6) is 5.75 Å². The highest BCUT2D eigenvalue weighted by atomic mass is 16.6. The Morgan fingerprint density at radius 3 is 2.47 bits per heavy atom. The fourth-order valence-corrected chi connectivity index (χ4v) is 9.04. The first-order valence-corrected chi connectivity index (χ1v) is 15.8. The van der Waals surface area contributed by atoms with Gasteiger partial charge >= 0.3 is 6.09 Å². The molecule has 0 bridgehead atoms. The van der Waals surface area contributed by atoms with Crippen LogP contribution in [0.2, 0.25) is 0 Å². The van der Waals surface area contributed by atoms with Gasteiger partial charge in [0.05, 0.1) is 7.11 Å². The zero-order valence-corrected chi connectivity index (χ0v) is 25.9. The normalized spacial score (nSPS) is 33.0. The van der Waals surface area contributed by atoms with Crippen molar-refractivity contribution in [1.82, 2.24) is 10.6 Å². The first-order valence-electron chi connectivity index (χ1n) is 15.8. The molecule has 43 heavy (non-hydrogen) atoms. The number of carbonyl (C=O) groups excluding carboxylic acids is 3. The van der Waals surface area contributed by atoms with Crippen molar-refractivity contribution < 1.29 is 23.9 Å². The van der Waals surface area contributed by atoms with Crippen molar-refractivity contribution in [2.75, 3.05) is 20.2 Å². The number of ether oxygens (including phenoxy) is 2. The Hall–Kier alpha value is -3.60. The fraction of sp³-hybridized carbons (Fsp3) is 0.600. The molecule has 0 radical (unpaired) electrons. The summed E-state index contributed by atoms with van der Waals surface area (Å²) in [5.41, 5.74) is 2.41. The summed E-state index contributed by atoms with van der Waals surface area (Å²) < 4.78 is 10.9. The minimum absolute atomic E-state index is 0.0183. The number of Topliss-reactive ketones (excluding diaryl/α,β-unsaturated/α-hetero) is 1. The topological polar surface area (TPSA) is 118 Å². The number of methoxy groups -OCH3 is 1. The first-order chi connectivity index (χ1) is 20.6. The second kappa shape index (κ2) is 12.6. The molecule has 2 amide bonds. The third kappa shape index (κ3) is 6.09. The molecule has 1 aromatic rings. The maximum Gasteiger partial charge on any atom is 0.407 e. The molecule has 0 aliphatic heterocycles. The van der Waals surface area contributed by atoms with Gasteiger partial charge in [0, 0.05) is 25.4 Å². The maximum atomic E-state index is 12.6. The second-order valence-corrected chi connectivity index (χ2v) is 13.4. The molecule has 0 aromatic heterocycles. The molecule has 8 heteroatoms. The van der Waals surface area contributed by atoms with Gasteiger partial charge in [-0.15, -0.1) is 0 Å². The van der Waals surface area contributed by atoms with Crippen molar-refractivity contribution in [3.63, 3.8) is 0 Å². The molecular formula is C35H45N3O5. The molecule has 5 rings (SSSR count). The highest BCUT2D eigenvalue weighted by molar-refractivity contribution is 6.01. The summed E-state index contributed by atoms with van der Waals surface area (Å²) in [5.74, 6) is 2.67. The van der Waals surface area contributed by atoms with Crippen molar-refractivity contribution in [2.45, 2.75) is 78.2 Å². The molecule has 3 fully saturated rings. The Balaban J connectivity index is 1.09. The number of fused-ring (bicyclic) bond motifs is 5. The number of ketones is 1. The quantitative estimate of drug-likeness (QED) is 0.167. The van der Waals surface area contributed by atoms with Crippen molar-refractivity contribution >= 4 is 23.9 Å². The Kier molecular flexibility index (Phi) is 9.01. The van der Waals surface area contributed by atoms with Gasteiger partial charge in [0.1, 0.15) is 29.3 Å². The zero-order chi connectivity index (χ0) is 30.8. The highest BCUT2D eigenvalue weighted by Gasteiger charge is 2.59. The number of allylic oxidation sites excluding steroid dienone is 1. The number of amides is 2. The van der Waals surface area contributed by atoms with E-state index in [-0.39, 0.29) is 41.5 Å². The summed E-state index contributed by atoms with van der Waals surface area (Å²) in [5, 5.41) is 14.8. The number of nitrogens with one attached hydrogen (secondary N) is 2. The Bertz CT molecular complexity index is 1340. The SMILES string of the molecule is COc1ccc(/C=C(\C#N)C(=O)NCCNC(=O)O[C@H]2CC[C@@]3(C)C(=CC[C@H]4[C@@H]5CC[C@H](C(C)=O)[C@@]5(C)CC[C@@H]43)C2)cc1. The van der Waals surface area contributed by atoms with E-state index < -0.39 is 12.0 Å². The van der Waals surface area contributed by atoms with Gasteiger partial charge < -0.3 is 20.1 Å². The molecule has 2 N–H and O–H groups in total. The first kappa shape index (κ1) is 30.8. The molecule has 4 aliphatic carbocycles. The number of hydrogen-bond donors (Lipinski definition) is 2. The van der Waals surface area contributed by atoms with Gasteiger partial charge in [-0.3, -0.25) is 9.59 Å². The predicted molar refractivity (Wildman–Crippen MR) is 164 cm³/mol. The number of nitrogens with zero attached hydrogens (tertiary/aromatic N) is 1. The molecule has 0 unspecified atom stereocenters. The summed E-state index contributed by atoms with van der Waals surface area (Å²) in [7, 11) is 1.57. The Labute approximate surface area is 255 Å². The molecule has 4 aliphatic rings. The van der Waals surface area contributed by atoms with Crippen molar-refractivity contribution in [2.24, 2.45) is 34.5 Å². The lowest BCUT2D eigenvalue weighted by Gasteiger charge is -2.58. The van der Waals surface area contributed by atoms with Gasteiger partial charge in [0.15, 0.2) is 0 Å². The van der Waals surface area contributed by atoms with Crippen molar-refractivity contribution in [3.05, 3.63) is 47.1 Å². The van der Waals surface area contributed by atoms with Crippen LogP contribution in [-0.2, 0) is 14.3 Å². The third-order valence-electron chi connectivity index (χ3n) is 11.3. The van der Waals surface area contributed by atoms with E-state index in [0.717, 1.165) is 38.5 Å². The van der Waals surface area contributed by atoms with Crippen LogP contribution in [-0.4, -0.2) is 44.1 Å². The summed E-state index contributed by atoms with van der Waals surface area (Å²) >= 11 is 0. The van der Waals surface area contributed by atoms with Gasteiger partial charge in [-0.05, 0) is 104 Å². The standard InChI is InChI=1S/C35H45N3O5/c1-22(39)29-11-12-30-28-10-7-25-20-27(13-15-34(25,2)31(28)14-16-35(29,30)3)43-33(41)38-18-17-37-32(40)24(21-36)19-23-5-8-26(42-4)9-6-23/h5-9,19,27-31H,10-18,20H2,1-4H3,(H,37,40)(H,38,41)/b24-19+/t27-,28-,29+,30-,31-,34-,35+/m0/s1. The van der Waals surface area contributed by atoms with Crippen molar-refractivity contribution in [3.8, 4) is 11.8 Å². The molecule has 0 saturated heterocycles. The van der Waals surface area contributed by atoms with Gasteiger partial charge in [-0.1, -0.05) is 37.6 Å². The molecule has 3 saturated carbocycles. The van der Waals surface area contributed by atoms with E-state index in [0.29, 0.717) is 34.8 Å². The van der Waals surface area contributed by atoms with Gasteiger partial charge in [0.25, 0.3) is 5.91 Å². The maximum absolute atomic E-state index is 12.6. The third-order valence-corrected chi connectivity index (χ3v) is 11.3. The predicted octanol–water partition coefficient (Wildman–Crippen LogP) is 5.98. The van der Waals surface area contributed by atoms with E-state index in [1.54, 1.807) is 38.3 Å². The summed E-state index contributed by atoms with van der Waals surface area (Å²) in [6, 6.07) is 8.98. The highest BCUT2D eigenvalue weighted by Crippen LogP contribution is 2.66. The van der Waals surface area contributed by atoms with Crippen LogP contribution in [0.25, 0.3) is 6.08 Å². The summed E-state index contributed by atoms with van der Waals surface area (Å²) in [4.78, 5) is 37.5. The van der Waals surface area contributed by atoms with E-state index >= 15 is 0 Å². The molecule has 230 valence electrons. The smallest absolute Gasteiger partial charge is 0.407 e. The second-order valence-electron chi connectivity index (χ2n) is 13.4. The summed E-state index contributed by atoms with van der Waals surface area (Å²) in [6.45, 7) is 6.96. The largest absolute Gasteiger partial charge is 0.497 e. The summed E-state index contributed by atoms with van der Waals surface area (Å²) in [6.07, 6.45) is 11.5. The molecule has 1 aromatic carbocycles. The van der Waals surface area contributed by atoms with Gasteiger partial charge in [0.2, 0.25) is 0 Å². The number of carbonyl (C=O) groups is 3. The van der Waals surface area contributed by atoms with Crippen LogP contribution in [0, 0.1) is 45.8 Å². The average molecular weight is 588 g/mol. The monoisotopic (exact) mass is 587 g/mol. The van der Waals surface area contributed by atoms with Crippen LogP contribution in [0.1, 0.15) is 77.7 Å². The van der Waals surface area contributed by atoms with E-state index in [9.17, 15) is 19.6 Å². The van der Waals surface area contributed by atoms with Gasteiger partial charge in [-0.2, -0.15) is 5.26 Å². The van der Waals surface area contributed by atoms with E-state index in [1.807, 2.05) is 6.07 Å². The Morgan fingerprint density at radius 2 is 1.77 bits per heavy atom. The number of rotatable bonds is 8. The average Bonchev–Trinajstić information content (AvgIpc) is 3.36. The number of alkyl carbamates (subject to hydrolysis) is 1. The van der Waals surface area contributed by atoms with Crippen LogP contribution in [0.4, 0.5) is 4.79 Å². The van der Waals surface area contributed by atoms with E-state index in [2.05, 4.69) is 30.6 Å². The lowest BCUT2D eigenvalue weighted by molar-refractivity contribution is -0.127. The zero-order valence-electron chi connectivity index (χ0n) is 25.9. The Morgan fingerprint density at radius 1 is 1.02 bits per heavy atom. The lowest BCUT2D eigenvalue weighted by Crippen LogP contribution is -2.51. The van der Waals surface area contributed by atoms with E-state index in [4.69, 9.17) is 9.47 Å². The molecule has 0 heterocycles. The van der Waals surface area contributed by atoms with Crippen LogP contribution < -0.4 is 15.4 Å². The minimum atomic E-state index is -0.500. The van der Waals surface area contributed by atoms with E-state index in [1.165, 1.54) is 24.5 Å². The van der Waals surface area contributed by atoms with Crippen LogP contribution in [0.3, 0.4) is 0 Å². The number of nitriles is 1. The fourth-order valence-electron chi connectivity index (χ4n) is 9.04. The molecule has 0 spiro atoms. The van der Waals surface area contributed by atoms with Crippen LogP contribution in [0.15, 0.2) is 41.5 Å². The molecule has 7 atom stereocenters. The number of hydrogen-bond acceptors (Lipinski definition) is 6. The minimum Gasteiger partial charge on any atom is -0.497 e. The van der Waals surface area contributed by atoms with Crippen molar-refractivity contribution in [1.29, 1.82) is 5.26 Å².